The van der Waals surface area contributed by atoms with Gasteiger partial charge in [0.2, 0.25) is 11.8 Å². The molecule has 2 aromatic carbocycles. The monoisotopic (exact) mass is 598 g/mol. The van der Waals surface area contributed by atoms with Crippen LogP contribution in [0.15, 0.2) is 90.8 Å². The summed E-state index contributed by atoms with van der Waals surface area (Å²) in [5, 5.41) is 6.53. The fraction of sp³-hybridized carbons (Fsp3) is 0.281. The van der Waals surface area contributed by atoms with Crippen LogP contribution in [0, 0.1) is 17.6 Å². The average molecular weight is 599 g/mol. The molecule has 0 saturated carbocycles. The zero-order valence-electron chi connectivity index (χ0n) is 24.3. The number of allylic oxidation sites excluding steroid dienone is 1. The van der Waals surface area contributed by atoms with Crippen molar-refractivity contribution in [1.29, 1.82) is 0 Å². The molecular formula is C32H32F2N8O2. The Kier molecular flexibility index (Phi) is 8.57. The summed E-state index contributed by atoms with van der Waals surface area (Å²) in [6.45, 7) is 5.31. The van der Waals surface area contributed by atoms with Crippen LogP contribution in [-0.4, -0.2) is 80.4 Å². The summed E-state index contributed by atoms with van der Waals surface area (Å²) in [5.41, 5.74) is 2.97. The van der Waals surface area contributed by atoms with Crippen molar-refractivity contribution in [2.45, 2.75) is 13.5 Å². The van der Waals surface area contributed by atoms with E-state index in [1.54, 1.807) is 41.8 Å². The first-order valence-electron chi connectivity index (χ1n) is 14.5. The van der Waals surface area contributed by atoms with E-state index < -0.39 is 0 Å². The lowest BCUT2D eigenvalue weighted by atomic mass is 9.94. The number of hydrogen-bond donors (Lipinski definition) is 0. The van der Waals surface area contributed by atoms with Gasteiger partial charge in [-0.05, 0) is 53.6 Å². The van der Waals surface area contributed by atoms with Crippen LogP contribution in [0.3, 0.4) is 0 Å². The van der Waals surface area contributed by atoms with Crippen molar-refractivity contribution in [3.8, 4) is 5.88 Å². The van der Waals surface area contributed by atoms with Gasteiger partial charge >= 0.3 is 0 Å². The molecule has 1 fully saturated rings. The third-order valence-electron chi connectivity index (χ3n) is 7.65. The summed E-state index contributed by atoms with van der Waals surface area (Å²) >= 11 is 0. The van der Waals surface area contributed by atoms with Gasteiger partial charge in [0.1, 0.15) is 36.9 Å². The third-order valence-corrected chi connectivity index (χ3v) is 7.65. The number of hydrazone groups is 1. The van der Waals surface area contributed by atoms with Crippen LogP contribution in [0.1, 0.15) is 18.1 Å². The number of nitrogens with zero attached hydrogens (tertiary/aromatic N) is 8. The quantitative estimate of drug-likeness (QED) is 0.287. The number of rotatable bonds is 9. The Balaban J connectivity index is 1.11. The number of aromatic nitrogens is 4. The maximum Gasteiger partial charge on any atom is 0.244 e. The molecular weight excluding hydrogens is 566 g/mol. The number of hydrogen-bond acceptors (Lipinski definition) is 8. The maximum atomic E-state index is 13.7. The number of imidazole rings is 1. The van der Waals surface area contributed by atoms with E-state index in [0.29, 0.717) is 45.2 Å². The van der Waals surface area contributed by atoms with Crippen LogP contribution in [0.5, 0.6) is 5.88 Å². The molecule has 1 saturated heterocycles. The molecule has 226 valence electrons. The van der Waals surface area contributed by atoms with Crippen molar-refractivity contribution in [2.75, 3.05) is 44.2 Å². The predicted molar refractivity (Wildman–Crippen MR) is 162 cm³/mol. The molecule has 44 heavy (non-hydrogen) atoms. The van der Waals surface area contributed by atoms with E-state index in [9.17, 15) is 13.6 Å². The van der Waals surface area contributed by atoms with E-state index in [0.717, 1.165) is 28.4 Å². The van der Waals surface area contributed by atoms with Crippen molar-refractivity contribution in [1.82, 2.24) is 29.4 Å². The number of carbonyl (C=O) groups excluding carboxylic acids is 1. The second kappa shape index (κ2) is 13.0. The van der Waals surface area contributed by atoms with Gasteiger partial charge in [-0.15, -0.1) is 0 Å². The third kappa shape index (κ3) is 6.74. The van der Waals surface area contributed by atoms with Crippen LogP contribution in [0.25, 0.3) is 5.70 Å². The number of anilines is 1. The highest BCUT2D eigenvalue weighted by molar-refractivity contribution is 6.05. The van der Waals surface area contributed by atoms with E-state index in [2.05, 4.69) is 19.9 Å². The Hall–Kier alpha value is -5.13. The molecule has 1 atom stereocenters. The maximum absolute atomic E-state index is 13.7. The van der Waals surface area contributed by atoms with Crippen LogP contribution < -0.4 is 9.64 Å². The highest BCUT2D eigenvalue weighted by Gasteiger charge is 2.28. The van der Waals surface area contributed by atoms with Gasteiger partial charge in [0.15, 0.2) is 0 Å². The standard InChI is InChI=1S/C32H32F2N8O2/c1-23-18-28(24-2-6-26(33)7-3-24)42(38-32(23)25-4-8-27(34)9-5-25)20-31(43)41-14-12-40(13-15-41)29-19-30(37-21-36-29)44-17-16-39-11-10-35-22-39/h2-11,18-19,21-23H,12-17,20H2,1H3. The Morgan fingerprint density at radius 1 is 0.955 bits per heavy atom. The molecule has 1 unspecified atom stereocenters. The Morgan fingerprint density at radius 3 is 2.34 bits per heavy atom. The molecule has 6 rings (SSSR count). The van der Waals surface area contributed by atoms with Crippen molar-refractivity contribution in [3.63, 3.8) is 0 Å². The molecule has 0 radical (unpaired) electrons. The molecule has 1 amide bonds. The molecule has 4 aromatic rings. The number of carbonyl (C=O) groups is 1. The van der Waals surface area contributed by atoms with Crippen molar-refractivity contribution < 1.29 is 18.3 Å². The van der Waals surface area contributed by atoms with Gasteiger partial charge in [0, 0.05) is 50.6 Å². The Morgan fingerprint density at radius 2 is 1.66 bits per heavy atom. The van der Waals surface area contributed by atoms with Gasteiger partial charge < -0.3 is 19.1 Å². The summed E-state index contributed by atoms with van der Waals surface area (Å²) in [7, 11) is 0. The highest BCUT2D eigenvalue weighted by atomic mass is 19.1. The molecule has 10 nitrogen and oxygen atoms in total. The fourth-order valence-corrected chi connectivity index (χ4v) is 5.27. The first-order valence-corrected chi connectivity index (χ1v) is 14.5. The van der Waals surface area contributed by atoms with E-state index in [4.69, 9.17) is 9.84 Å². The lowest BCUT2D eigenvalue weighted by molar-refractivity contribution is -0.132. The largest absolute Gasteiger partial charge is 0.476 e. The van der Waals surface area contributed by atoms with Crippen LogP contribution >= 0.6 is 0 Å². The molecule has 2 aliphatic heterocycles. The highest BCUT2D eigenvalue weighted by Crippen LogP contribution is 2.29. The van der Waals surface area contributed by atoms with Gasteiger partial charge in [-0.25, -0.2) is 23.7 Å². The number of benzene rings is 2. The lowest BCUT2D eigenvalue weighted by Crippen LogP contribution is -2.51. The minimum atomic E-state index is -0.342. The average Bonchev–Trinajstić information content (AvgIpc) is 3.56. The molecule has 0 bridgehead atoms. The SMILES string of the molecule is CC1C=C(c2ccc(F)cc2)N(CC(=O)N2CCN(c3cc(OCCn4ccnc4)ncn3)CC2)N=C1c1ccc(F)cc1. The normalized spacial score (nSPS) is 16.9. The molecule has 2 aromatic heterocycles. The van der Waals surface area contributed by atoms with Crippen molar-refractivity contribution in [3.05, 3.63) is 108 Å². The smallest absolute Gasteiger partial charge is 0.244 e. The number of amides is 1. The van der Waals surface area contributed by atoms with Crippen molar-refractivity contribution in [2.24, 2.45) is 11.0 Å². The minimum Gasteiger partial charge on any atom is -0.476 e. The molecule has 4 heterocycles. The van der Waals surface area contributed by atoms with Crippen LogP contribution in [0.4, 0.5) is 14.6 Å². The van der Waals surface area contributed by atoms with Gasteiger partial charge in [-0.3, -0.25) is 9.80 Å². The van der Waals surface area contributed by atoms with Gasteiger partial charge in [0.25, 0.3) is 0 Å². The lowest BCUT2D eigenvalue weighted by Gasteiger charge is -2.37. The minimum absolute atomic E-state index is 0.00301. The second-order valence-electron chi connectivity index (χ2n) is 10.6. The zero-order chi connectivity index (χ0) is 30.5. The summed E-state index contributed by atoms with van der Waals surface area (Å²) in [6.07, 6.45) is 8.82. The van der Waals surface area contributed by atoms with Gasteiger partial charge in [-0.2, -0.15) is 5.10 Å². The van der Waals surface area contributed by atoms with E-state index in [-0.39, 0.29) is 30.0 Å². The summed E-state index contributed by atoms with van der Waals surface area (Å²) in [5.74, 6) is 0.366. The van der Waals surface area contributed by atoms with Gasteiger partial charge in [-0.1, -0.05) is 19.1 Å². The topological polar surface area (TPSA) is 92.0 Å². The zero-order valence-corrected chi connectivity index (χ0v) is 24.3. The summed E-state index contributed by atoms with van der Waals surface area (Å²) in [4.78, 5) is 30.2. The van der Waals surface area contributed by atoms with E-state index >= 15 is 0 Å². The number of piperazine rings is 1. The van der Waals surface area contributed by atoms with E-state index in [1.165, 1.54) is 30.6 Å². The first-order chi connectivity index (χ1) is 21.4. The molecule has 0 aliphatic carbocycles. The number of ether oxygens (including phenoxy) is 1. The molecule has 0 N–H and O–H groups in total. The predicted octanol–water partition coefficient (Wildman–Crippen LogP) is 4.08. The fourth-order valence-electron chi connectivity index (χ4n) is 5.27. The Bertz CT molecular complexity index is 1630. The second-order valence-corrected chi connectivity index (χ2v) is 10.6. The van der Waals surface area contributed by atoms with E-state index in [1.807, 2.05) is 34.7 Å². The summed E-state index contributed by atoms with van der Waals surface area (Å²) in [6, 6.07) is 14.1. The molecule has 12 heteroatoms. The first kappa shape index (κ1) is 29.0. The molecule has 2 aliphatic rings. The van der Waals surface area contributed by atoms with Gasteiger partial charge in [0.05, 0.1) is 24.3 Å². The Labute approximate surface area is 253 Å². The van der Waals surface area contributed by atoms with Crippen molar-refractivity contribution >= 4 is 23.1 Å². The van der Waals surface area contributed by atoms with Crippen LogP contribution in [-0.2, 0) is 11.3 Å². The summed E-state index contributed by atoms with van der Waals surface area (Å²) < 4.78 is 35.1. The van der Waals surface area contributed by atoms with Crippen LogP contribution in [0.2, 0.25) is 0 Å². The molecule has 0 spiro atoms. The number of halogens is 2.